The Morgan fingerprint density at radius 3 is 2.21 bits per heavy atom. The number of aliphatic hydroxyl groups excluding tert-OH is 12. The van der Waals surface area contributed by atoms with Crippen molar-refractivity contribution in [3.63, 3.8) is 0 Å². The first kappa shape index (κ1) is 76.7. The molecule has 0 aromatic heterocycles. The first-order chi connectivity index (χ1) is 46.5. The number of carboxylic acid groups (broad SMARTS) is 1. The molecular weight excluding hydrogens is 1280 g/mol. The molecule has 19 atom stereocenters. The summed E-state index contributed by atoms with van der Waals surface area (Å²) in [5, 5.41) is 156. The largest absolute Gasteiger partial charge is 0.510 e. The van der Waals surface area contributed by atoms with Crippen LogP contribution < -0.4 is 26.6 Å². The zero-order chi connectivity index (χ0) is 71.9. The summed E-state index contributed by atoms with van der Waals surface area (Å²) in [4.78, 5) is 82.5. The van der Waals surface area contributed by atoms with E-state index in [0.29, 0.717) is 76.0 Å². The number of nitrogens with one attached hydrogen (secondary N) is 5. The maximum absolute atomic E-state index is 14.3. The third-order valence-electron chi connectivity index (χ3n) is 19.2. The molecule has 7 aliphatic heterocycles. The van der Waals surface area contributed by atoms with E-state index >= 15 is 0 Å². The molecule has 8 bridgehead atoms. The molecule has 3 fully saturated rings. The van der Waals surface area contributed by atoms with Gasteiger partial charge >= 0.3 is 11.9 Å². The number of amides is 3. The number of carbonyl (C=O) groups excluding carboxylic acids is 4. The van der Waals surface area contributed by atoms with E-state index in [0.717, 1.165) is 41.3 Å². The van der Waals surface area contributed by atoms with Crippen molar-refractivity contribution in [1.82, 2.24) is 26.6 Å². The summed E-state index contributed by atoms with van der Waals surface area (Å²) < 4.78 is 27.9. The fourth-order valence-electron chi connectivity index (χ4n) is 13.6. The van der Waals surface area contributed by atoms with Crippen molar-refractivity contribution in [2.24, 2.45) is 32.7 Å². The van der Waals surface area contributed by atoms with Gasteiger partial charge in [0, 0.05) is 66.3 Å². The zero-order valence-corrected chi connectivity index (χ0v) is 56.0. The second-order valence-electron chi connectivity index (χ2n) is 25.6. The minimum Gasteiger partial charge on any atom is -0.510 e. The maximum atomic E-state index is 14.3. The molecule has 98 heavy (non-hydrogen) atoms. The molecule has 0 aromatic carbocycles. The van der Waals surface area contributed by atoms with Gasteiger partial charge in [-0.1, -0.05) is 39.8 Å². The summed E-state index contributed by atoms with van der Waals surface area (Å²) in [7, 11) is 1.23. The van der Waals surface area contributed by atoms with Gasteiger partial charge in [0.15, 0.2) is 6.29 Å². The van der Waals surface area contributed by atoms with Crippen molar-refractivity contribution in [2.75, 3.05) is 40.0 Å². The van der Waals surface area contributed by atoms with Gasteiger partial charge < -0.3 is 111 Å². The lowest BCUT2D eigenvalue weighted by Crippen LogP contribution is -2.70. The van der Waals surface area contributed by atoms with Gasteiger partial charge in [-0.05, 0) is 106 Å². The van der Waals surface area contributed by atoms with Gasteiger partial charge in [-0.25, -0.2) is 19.8 Å². The van der Waals surface area contributed by atoms with Crippen molar-refractivity contribution in [3.8, 4) is 0 Å². The average Bonchev–Trinajstić information content (AvgIpc) is 1.59. The number of ether oxygens (including phenoxy) is 5. The summed E-state index contributed by atoms with van der Waals surface area (Å²) >= 11 is 0. The smallest absolute Gasteiger partial charge is 0.364 e. The highest BCUT2D eigenvalue weighted by Gasteiger charge is 2.60. The summed E-state index contributed by atoms with van der Waals surface area (Å²) in [6.45, 7) is 13.8. The van der Waals surface area contributed by atoms with E-state index in [1.54, 1.807) is 6.08 Å². The minimum atomic E-state index is -3.15. The number of hydrogen-bond donors (Lipinski definition) is 18. The van der Waals surface area contributed by atoms with Crippen molar-refractivity contribution in [1.29, 1.82) is 0 Å². The monoisotopic (exact) mass is 1380 g/mol. The molecule has 18 unspecified atom stereocenters. The van der Waals surface area contributed by atoms with E-state index in [9.17, 15) is 90.4 Å². The quantitative estimate of drug-likeness (QED) is 0.0215. The third kappa shape index (κ3) is 15.9. The number of rotatable bonds is 31. The van der Waals surface area contributed by atoms with E-state index in [4.69, 9.17) is 38.7 Å². The summed E-state index contributed by atoms with van der Waals surface area (Å²) in [6, 6.07) is -2.69. The van der Waals surface area contributed by atoms with Crippen LogP contribution in [0.5, 0.6) is 0 Å². The molecule has 31 heteroatoms. The Bertz CT molecular complexity index is 3440. The van der Waals surface area contributed by atoms with E-state index in [1.165, 1.54) is 7.11 Å². The van der Waals surface area contributed by atoms with Crippen molar-refractivity contribution < 1.29 is 114 Å². The van der Waals surface area contributed by atoms with E-state index in [-0.39, 0.29) is 50.3 Å². The van der Waals surface area contributed by atoms with Gasteiger partial charge in [0.1, 0.15) is 85.0 Å². The molecule has 3 amide bonds. The molecule has 8 rings (SSSR count). The number of aliphatic carboxylic acids is 1. The van der Waals surface area contributed by atoms with Crippen LogP contribution in [-0.2, 0) is 47.7 Å². The number of nitrogens with zero attached hydrogens (tertiary/aromatic N) is 3. The number of aliphatic imine (C=N–C) groups is 3. The fraction of sp³-hybridized carbons (Fsp3) is 0.612. The lowest BCUT2D eigenvalue weighted by molar-refractivity contribution is -0.377. The highest BCUT2D eigenvalue weighted by molar-refractivity contribution is 6.24. The maximum Gasteiger partial charge on any atom is 0.364 e. The van der Waals surface area contributed by atoms with Crippen molar-refractivity contribution in [3.05, 3.63) is 104 Å². The van der Waals surface area contributed by atoms with Gasteiger partial charge in [-0.15, -0.1) is 0 Å². The Morgan fingerprint density at radius 2 is 1.58 bits per heavy atom. The van der Waals surface area contributed by atoms with Crippen LogP contribution in [0.3, 0.4) is 0 Å². The second-order valence-corrected chi connectivity index (χ2v) is 25.6. The van der Waals surface area contributed by atoms with Crippen LogP contribution in [0.2, 0.25) is 0 Å². The predicted octanol–water partition coefficient (Wildman–Crippen LogP) is -1.42. The lowest BCUT2D eigenvalue weighted by Gasteiger charge is -2.50. The van der Waals surface area contributed by atoms with Gasteiger partial charge in [-0.3, -0.25) is 24.5 Å². The van der Waals surface area contributed by atoms with Gasteiger partial charge in [0.25, 0.3) is 5.79 Å². The number of carbonyl (C=O) groups is 5. The highest BCUT2D eigenvalue weighted by atomic mass is 16.8. The molecule has 0 saturated carbocycles. The molecule has 1 aliphatic carbocycles. The Morgan fingerprint density at radius 1 is 0.888 bits per heavy atom. The number of methoxy groups -OCH3 is 1. The fourth-order valence-corrected chi connectivity index (χ4v) is 13.6. The molecular formula is C67H94N8O23. The summed E-state index contributed by atoms with van der Waals surface area (Å²) in [5.74, 6) is -10.00. The SMILES string of the molecule is C=CC1=C(C)C2=NC1=CC1=NC(=CC3=C(C)C4=C(O)C(C(=O)OC)C(=C5NC(=C2)C(C)C5CCC(=O)NC(CCCCNC(O)C(O)C(OC2OC(CO)C(O)C(OC5(C(=O)O)CC(O)C(NC(C)=O)C([C@H](O)C(O)CO)O5)C2O)C(O)CO)C(=O)NCCCC)C4=N3)C(CC)=C1C. The minimum absolute atomic E-state index is 0.0778. The Labute approximate surface area is 566 Å². The normalized spacial score (nSPS) is 29.7. The summed E-state index contributed by atoms with van der Waals surface area (Å²) in [6.07, 6.45) is -18.3. The number of allylic oxidation sites excluding steroid dienone is 11. The molecule has 3 saturated heterocycles. The number of esters is 1. The topological polar surface area (TPSA) is 492 Å². The molecule has 7 heterocycles. The number of fused-ring (bicyclic) bond motifs is 5. The first-order valence-corrected chi connectivity index (χ1v) is 33.0. The number of hydrogen-bond acceptors (Lipinski definition) is 27. The molecule has 540 valence electrons. The van der Waals surface area contributed by atoms with Gasteiger partial charge in [0.2, 0.25) is 17.7 Å². The zero-order valence-electron chi connectivity index (χ0n) is 56.0. The lowest BCUT2D eigenvalue weighted by atomic mass is 9.84. The molecule has 31 nitrogen and oxygen atoms in total. The Hall–Kier alpha value is -7.02. The van der Waals surface area contributed by atoms with E-state index in [2.05, 4.69) is 33.2 Å². The predicted molar refractivity (Wildman–Crippen MR) is 349 cm³/mol. The Kier molecular flexibility index (Phi) is 25.8. The molecule has 8 aliphatic rings. The second kappa shape index (κ2) is 33.0. The molecule has 0 aromatic rings. The van der Waals surface area contributed by atoms with Crippen LogP contribution in [0.25, 0.3) is 0 Å². The number of unbranched alkanes of at least 4 members (excludes halogenated alkanes) is 2. The van der Waals surface area contributed by atoms with E-state index in [1.807, 2.05) is 59.8 Å². The van der Waals surface area contributed by atoms with Crippen LogP contribution in [-0.4, -0.2) is 251 Å². The summed E-state index contributed by atoms with van der Waals surface area (Å²) in [5.41, 5.74) is 9.99. The standard InChI is InChI=1S/C67H94N8O23/c1-10-13-19-68-62(89)36(16-14-15-20-69-63(90)57(87)59(45(82)26-77)96-65-58(88)61(55(85)46(27-78)95-65)98-67(66(92)93)24-43(80)52(70-32(8)79)60(97-67)54(84)44(81)25-76)73-47(83)18-17-35-30(6)39-21-37-28(4)33(11-2)41(71-37)22-38-29(5)34(12-3)42(72-38)23-40-31(7)48-53(75-40)49(51(35)74-39)50(56(48)86)64(91)94-9/h11,21-23,30,35-36,43-46,50,52,54-55,57-61,63,65,69,74,76-78,80-82,84-88,90H,2,10,12-20,24-27H2,1,3-9H3,(H,68,89)(H,70,79)(H,73,83)(H,92,93)/t30?,35?,36?,43?,44?,45?,46?,50?,52?,54-,55?,57?,58?,59?,60?,61?,63?,65?,67?/m1/s1. The van der Waals surface area contributed by atoms with Crippen LogP contribution in [0.1, 0.15) is 106 Å². The molecule has 18 N–H and O–H groups in total. The average molecular weight is 1380 g/mol. The first-order valence-electron chi connectivity index (χ1n) is 33.0. The van der Waals surface area contributed by atoms with Crippen LogP contribution in [0.4, 0.5) is 0 Å². The van der Waals surface area contributed by atoms with E-state index < -0.39 is 165 Å². The van der Waals surface area contributed by atoms with Gasteiger partial charge in [-0.2, -0.15) is 0 Å². The molecule has 0 spiro atoms. The Balaban J connectivity index is 0.964. The number of aliphatic hydroxyl groups is 12. The van der Waals surface area contributed by atoms with Crippen LogP contribution >= 0.6 is 0 Å². The van der Waals surface area contributed by atoms with Crippen LogP contribution in [0.15, 0.2) is 119 Å². The van der Waals surface area contributed by atoms with Crippen molar-refractivity contribution >= 4 is 46.8 Å². The van der Waals surface area contributed by atoms with Crippen LogP contribution in [0, 0.1) is 17.8 Å². The highest BCUT2D eigenvalue weighted by Crippen LogP contribution is 2.49. The third-order valence-corrected chi connectivity index (χ3v) is 19.2. The van der Waals surface area contributed by atoms with Gasteiger partial charge in [0.05, 0.1) is 73.3 Å². The molecule has 0 radical (unpaired) electrons. The van der Waals surface area contributed by atoms with Crippen molar-refractivity contribution in [2.45, 2.75) is 204 Å². The number of carboxylic acids is 1.